The summed E-state index contributed by atoms with van der Waals surface area (Å²) >= 11 is 2.27. The lowest BCUT2D eigenvalue weighted by Gasteiger charge is -2.18. The van der Waals surface area contributed by atoms with Gasteiger partial charge in [0, 0.05) is 20.6 Å². The molecule has 0 radical (unpaired) electrons. The van der Waals surface area contributed by atoms with E-state index in [0.29, 0.717) is 0 Å². The lowest BCUT2D eigenvalue weighted by molar-refractivity contribution is -0.123. The van der Waals surface area contributed by atoms with Crippen molar-refractivity contribution in [2.24, 2.45) is 5.41 Å². The second kappa shape index (κ2) is 4.84. The number of nitrogens with one attached hydrogen (secondary N) is 1. The maximum Gasteiger partial charge on any atom is 0.229 e. The molecule has 1 amide bonds. The Morgan fingerprint density at radius 2 is 2.00 bits per heavy atom. The van der Waals surface area contributed by atoms with Gasteiger partial charge in [-0.2, -0.15) is 0 Å². The van der Waals surface area contributed by atoms with Crippen molar-refractivity contribution in [2.75, 3.05) is 5.32 Å². The van der Waals surface area contributed by atoms with Gasteiger partial charge in [-0.15, -0.1) is 0 Å². The van der Waals surface area contributed by atoms with Gasteiger partial charge in [0.2, 0.25) is 5.91 Å². The third-order valence-corrected chi connectivity index (χ3v) is 3.59. The highest BCUT2D eigenvalue weighted by atomic mass is 127. The zero-order chi connectivity index (χ0) is 13.3. The summed E-state index contributed by atoms with van der Waals surface area (Å²) in [5.74, 6) is -0.00402. The molecule has 0 fully saturated rings. The molecule has 0 aliphatic carbocycles. The van der Waals surface area contributed by atoms with Crippen LogP contribution in [-0.4, -0.2) is 10.9 Å². The molecule has 0 saturated carbocycles. The number of amides is 1. The Morgan fingerprint density at radius 3 is 2.67 bits per heavy atom. The lowest BCUT2D eigenvalue weighted by atomic mass is 9.95. The van der Waals surface area contributed by atoms with E-state index in [2.05, 4.69) is 32.9 Å². The van der Waals surface area contributed by atoms with Crippen molar-refractivity contribution in [3.63, 3.8) is 0 Å². The number of carbonyl (C=O) groups excluding carboxylic acids is 1. The number of benzene rings is 1. The van der Waals surface area contributed by atoms with Gasteiger partial charge in [-0.05, 0) is 40.8 Å². The molecule has 1 N–H and O–H groups in total. The standard InChI is InChI=1S/C14H15IN2O/c1-14(2,3)13(18)17-11-7-6-10(15)9-5-4-8-16-12(9)11/h4-8H,1-3H3,(H,17,18). The molecule has 0 aliphatic heterocycles. The van der Waals surface area contributed by atoms with Crippen LogP contribution in [-0.2, 0) is 4.79 Å². The van der Waals surface area contributed by atoms with E-state index in [9.17, 15) is 4.79 Å². The summed E-state index contributed by atoms with van der Waals surface area (Å²) in [5, 5.41) is 4.01. The molecule has 94 valence electrons. The first-order valence-electron chi connectivity index (χ1n) is 5.74. The molecule has 1 aromatic heterocycles. The first-order valence-corrected chi connectivity index (χ1v) is 6.82. The van der Waals surface area contributed by atoms with Crippen LogP contribution in [0.25, 0.3) is 10.9 Å². The first kappa shape index (κ1) is 13.3. The molecule has 0 saturated heterocycles. The fourth-order valence-electron chi connectivity index (χ4n) is 1.55. The number of aromatic nitrogens is 1. The molecule has 0 aliphatic rings. The molecule has 0 unspecified atom stereocenters. The minimum Gasteiger partial charge on any atom is -0.324 e. The number of carbonyl (C=O) groups is 1. The fraction of sp³-hybridized carbons (Fsp3) is 0.286. The van der Waals surface area contributed by atoms with Gasteiger partial charge in [-0.25, -0.2) is 0 Å². The molecule has 4 heteroatoms. The molecule has 2 rings (SSSR count). The predicted molar refractivity (Wildman–Crippen MR) is 82.5 cm³/mol. The number of anilines is 1. The van der Waals surface area contributed by atoms with Crippen molar-refractivity contribution in [2.45, 2.75) is 20.8 Å². The maximum atomic E-state index is 12.0. The number of hydrogen-bond acceptors (Lipinski definition) is 2. The van der Waals surface area contributed by atoms with Crippen LogP contribution in [0.4, 0.5) is 5.69 Å². The minimum atomic E-state index is -0.413. The molecule has 1 aromatic carbocycles. The minimum absolute atomic E-state index is 0.00402. The van der Waals surface area contributed by atoms with E-state index in [0.717, 1.165) is 20.2 Å². The summed E-state index contributed by atoms with van der Waals surface area (Å²) in [5.41, 5.74) is 1.19. The Morgan fingerprint density at radius 1 is 1.28 bits per heavy atom. The van der Waals surface area contributed by atoms with Crippen molar-refractivity contribution < 1.29 is 4.79 Å². The zero-order valence-electron chi connectivity index (χ0n) is 10.6. The van der Waals surface area contributed by atoms with Gasteiger partial charge < -0.3 is 5.32 Å². The van der Waals surface area contributed by atoms with E-state index in [1.54, 1.807) is 6.20 Å². The van der Waals surface area contributed by atoms with Crippen LogP contribution in [0.5, 0.6) is 0 Å². The maximum absolute atomic E-state index is 12.0. The number of hydrogen-bond donors (Lipinski definition) is 1. The Labute approximate surface area is 120 Å². The number of halogens is 1. The van der Waals surface area contributed by atoms with Crippen molar-refractivity contribution in [3.05, 3.63) is 34.0 Å². The van der Waals surface area contributed by atoms with E-state index in [1.165, 1.54) is 0 Å². The fourth-order valence-corrected chi connectivity index (χ4v) is 2.16. The van der Waals surface area contributed by atoms with Crippen LogP contribution in [0, 0.1) is 8.99 Å². The van der Waals surface area contributed by atoms with Crippen molar-refractivity contribution >= 4 is 45.1 Å². The highest BCUT2D eigenvalue weighted by Crippen LogP contribution is 2.27. The Kier molecular flexibility index (Phi) is 3.56. The predicted octanol–water partition coefficient (Wildman–Crippen LogP) is 3.82. The van der Waals surface area contributed by atoms with Gasteiger partial charge in [-0.3, -0.25) is 9.78 Å². The van der Waals surface area contributed by atoms with Crippen LogP contribution < -0.4 is 5.32 Å². The molecule has 18 heavy (non-hydrogen) atoms. The quantitative estimate of drug-likeness (QED) is 0.791. The zero-order valence-corrected chi connectivity index (χ0v) is 12.8. The average molecular weight is 354 g/mol. The van der Waals surface area contributed by atoms with Gasteiger partial charge in [0.15, 0.2) is 0 Å². The second-order valence-electron chi connectivity index (χ2n) is 5.20. The van der Waals surface area contributed by atoms with Gasteiger partial charge in [0.25, 0.3) is 0 Å². The lowest BCUT2D eigenvalue weighted by Crippen LogP contribution is -2.27. The van der Waals surface area contributed by atoms with Gasteiger partial charge in [0.1, 0.15) is 0 Å². The van der Waals surface area contributed by atoms with E-state index < -0.39 is 5.41 Å². The van der Waals surface area contributed by atoms with Crippen LogP contribution in [0.15, 0.2) is 30.5 Å². The summed E-state index contributed by atoms with van der Waals surface area (Å²) < 4.78 is 1.13. The Bertz CT molecular complexity index is 602. The van der Waals surface area contributed by atoms with Crippen LogP contribution in [0.2, 0.25) is 0 Å². The second-order valence-corrected chi connectivity index (χ2v) is 6.36. The molecular formula is C14H15IN2O. The Balaban J connectivity index is 2.47. The number of fused-ring (bicyclic) bond motifs is 1. The number of pyridine rings is 1. The van der Waals surface area contributed by atoms with E-state index in [-0.39, 0.29) is 5.91 Å². The van der Waals surface area contributed by atoms with Gasteiger partial charge >= 0.3 is 0 Å². The van der Waals surface area contributed by atoms with E-state index in [4.69, 9.17) is 0 Å². The van der Waals surface area contributed by atoms with Crippen molar-refractivity contribution in [1.82, 2.24) is 4.98 Å². The summed E-state index contributed by atoms with van der Waals surface area (Å²) in [6.07, 6.45) is 1.74. The normalized spacial score (nSPS) is 11.6. The molecule has 0 atom stereocenters. The third-order valence-electron chi connectivity index (χ3n) is 2.65. The summed E-state index contributed by atoms with van der Waals surface area (Å²) in [4.78, 5) is 16.4. The van der Waals surface area contributed by atoms with Crippen LogP contribution in [0.1, 0.15) is 20.8 Å². The monoisotopic (exact) mass is 354 g/mol. The highest BCUT2D eigenvalue weighted by molar-refractivity contribution is 14.1. The Hall–Kier alpha value is -1.17. The summed E-state index contributed by atoms with van der Waals surface area (Å²) in [6.45, 7) is 5.68. The SMILES string of the molecule is CC(C)(C)C(=O)Nc1ccc(I)c2cccnc12. The topological polar surface area (TPSA) is 42.0 Å². The largest absolute Gasteiger partial charge is 0.324 e. The smallest absolute Gasteiger partial charge is 0.229 e. The molecule has 2 aromatic rings. The number of nitrogens with zero attached hydrogens (tertiary/aromatic N) is 1. The molecule has 0 bridgehead atoms. The first-order chi connectivity index (χ1) is 8.39. The molecule has 3 nitrogen and oxygen atoms in total. The van der Waals surface area contributed by atoms with Crippen molar-refractivity contribution in [1.29, 1.82) is 0 Å². The average Bonchev–Trinajstić information content (AvgIpc) is 2.32. The van der Waals surface area contributed by atoms with Crippen molar-refractivity contribution in [3.8, 4) is 0 Å². The highest BCUT2D eigenvalue weighted by Gasteiger charge is 2.22. The molecule has 1 heterocycles. The third kappa shape index (κ3) is 2.63. The van der Waals surface area contributed by atoms with E-state index >= 15 is 0 Å². The van der Waals surface area contributed by atoms with Crippen LogP contribution in [0.3, 0.4) is 0 Å². The number of rotatable bonds is 1. The van der Waals surface area contributed by atoms with Gasteiger partial charge in [0.05, 0.1) is 11.2 Å². The summed E-state index contributed by atoms with van der Waals surface area (Å²) in [6, 6.07) is 7.81. The van der Waals surface area contributed by atoms with Gasteiger partial charge in [-0.1, -0.05) is 26.8 Å². The molecule has 0 spiro atoms. The van der Waals surface area contributed by atoms with E-state index in [1.807, 2.05) is 45.0 Å². The molecular weight excluding hydrogens is 339 g/mol. The van der Waals surface area contributed by atoms with Crippen LogP contribution >= 0.6 is 22.6 Å². The summed E-state index contributed by atoms with van der Waals surface area (Å²) in [7, 11) is 0.